The Bertz CT molecular complexity index is 583. The lowest BCUT2D eigenvalue weighted by Crippen LogP contribution is -2.12. The number of aryl methyl sites for hydroxylation is 2. The van der Waals surface area contributed by atoms with Crippen LogP contribution in [-0.2, 0) is 6.54 Å². The van der Waals surface area contributed by atoms with Gasteiger partial charge in [0.25, 0.3) is 0 Å². The Morgan fingerprint density at radius 1 is 1.47 bits per heavy atom. The van der Waals surface area contributed by atoms with Crippen molar-refractivity contribution in [3.05, 3.63) is 49.3 Å². The van der Waals surface area contributed by atoms with Crippen molar-refractivity contribution in [2.24, 2.45) is 0 Å². The van der Waals surface area contributed by atoms with Gasteiger partial charge in [0.1, 0.15) is 6.10 Å². The van der Waals surface area contributed by atoms with Gasteiger partial charge in [-0.15, -0.1) is 0 Å². The first-order valence-corrected chi connectivity index (χ1v) is 8.07. The maximum absolute atomic E-state index is 10.7. The van der Waals surface area contributed by atoms with E-state index in [1.54, 1.807) is 6.20 Å². The molecule has 0 fully saturated rings. The molecule has 1 unspecified atom stereocenters. The summed E-state index contributed by atoms with van der Waals surface area (Å²) in [5, 5.41) is 15.0. The van der Waals surface area contributed by atoms with Gasteiger partial charge < -0.3 is 5.11 Å². The van der Waals surface area contributed by atoms with Crippen LogP contribution in [0, 0.1) is 10.5 Å². The number of rotatable bonds is 4. The Balaban J connectivity index is 2.46. The zero-order chi connectivity index (χ0) is 14.0. The van der Waals surface area contributed by atoms with E-state index < -0.39 is 6.10 Å². The van der Waals surface area contributed by atoms with E-state index in [-0.39, 0.29) is 0 Å². The minimum atomic E-state index is -0.657. The predicted octanol–water partition coefficient (Wildman–Crippen LogP) is 4.05. The fraction of sp³-hybridized carbons (Fsp3) is 0.357. The molecule has 2 rings (SSSR count). The standard InChI is InChI=1S/C14H16BrIN2O/c1-3-7-18-13(11(15)8-17-18)14(19)10-6-4-5-9(2)12(10)16/h4-6,8,14,19H,3,7H2,1-2H3. The van der Waals surface area contributed by atoms with Crippen LogP contribution in [0.25, 0.3) is 0 Å². The molecule has 0 aliphatic carbocycles. The highest BCUT2D eigenvalue weighted by molar-refractivity contribution is 14.1. The van der Waals surface area contributed by atoms with E-state index in [9.17, 15) is 5.11 Å². The molecule has 0 radical (unpaired) electrons. The smallest absolute Gasteiger partial charge is 0.123 e. The topological polar surface area (TPSA) is 38.0 Å². The first-order valence-electron chi connectivity index (χ1n) is 6.20. The van der Waals surface area contributed by atoms with Crippen molar-refractivity contribution in [2.75, 3.05) is 0 Å². The molecule has 19 heavy (non-hydrogen) atoms. The zero-order valence-corrected chi connectivity index (χ0v) is 14.6. The van der Waals surface area contributed by atoms with Gasteiger partial charge in [-0.05, 0) is 57.4 Å². The molecule has 3 nitrogen and oxygen atoms in total. The molecule has 1 N–H and O–H groups in total. The summed E-state index contributed by atoms with van der Waals surface area (Å²) < 4.78 is 3.82. The monoisotopic (exact) mass is 434 g/mol. The molecule has 1 heterocycles. The normalized spacial score (nSPS) is 12.7. The molecule has 0 aliphatic rings. The average molecular weight is 435 g/mol. The van der Waals surface area contributed by atoms with Crippen LogP contribution in [0.4, 0.5) is 0 Å². The first-order chi connectivity index (χ1) is 9.06. The Labute approximate surface area is 135 Å². The SMILES string of the molecule is CCCn1ncc(Br)c1C(O)c1cccc(C)c1I. The van der Waals surface area contributed by atoms with Gasteiger partial charge in [0.15, 0.2) is 0 Å². The largest absolute Gasteiger partial charge is 0.382 e. The second kappa shape index (κ2) is 6.37. The second-order valence-electron chi connectivity index (χ2n) is 4.48. The van der Waals surface area contributed by atoms with E-state index >= 15 is 0 Å². The van der Waals surface area contributed by atoms with Crippen LogP contribution in [0.3, 0.4) is 0 Å². The van der Waals surface area contributed by atoms with Gasteiger partial charge in [0.2, 0.25) is 0 Å². The summed E-state index contributed by atoms with van der Waals surface area (Å²) in [5.41, 5.74) is 2.93. The van der Waals surface area contributed by atoms with Crippen molar-refractivity contribution in [3.8, 4) is 0 Å². The number of nitrogens with zero attached hydrogens (tertiary/aromatic N) is 2. The molecular weight excluding hydrogens is 419 g/mol. The molecule has 0 bridgehead atoms. The highest BCUT2D eigenvalue weighted by atomic mass is 127. The molecule has 0 amide bonds. The van der Waals surface area contributed by atoms with Crippen LogP contribution < -0.4 is 0 Å². The van der Waals surface area contributed by atoms with Crippen LogP contribution >= 0.6 is 38.5 Å². The van der Waals surface area contributed by atoms with E-state index in [0.717, 1.165) is 32.3 Å². The average Bonchev–Trinajstić information content (AvgIpc) is 2.74. The zero-order valence-electron chi connectivity index (χ0n) is 10.9. The molecule has 0 aliphatic heterocycles. The van der Waals surface area contributed by atoms with E-state index in [0.29, 0.717) is 0 Å². The third-order valence-electron chi connectivity index (χ3n) is 3.04. The minimum absolute atomic E-state index is 0.657. The lowest BCUT2D eigenvalue weighted by molar-refractivity contribution is 0.205. The quantitative estimate of drug-likeness (QED) is 0.737. The van der Waals surface area contributed by atoms with Crippen LogP contribution in [0.1, 0.15) is 36.3 Å². The molecule has 2 aromatic rings. The number of aliphatic hydroxyl groups excluding tert-OH is 1. The predicted molar refractivity (Wildman–Crippen MR) is 88.2 cm³/mol. The Kier molecular flexibility index (Phi) is 5.03. The molecule has 0 spiro atoms. The van der Waals surface area contributed by atoms with E-state index in [1.807, 2.05) is 16.8 Å². The maximum Gasteiger partial charge on any atom is 0.123 e. The second-order valence-corrected chi connectivity index (χ2v) is 6.41. The van der Waals surface area contributed by atoms with Gasteiger partial charge >= 0.3 is 0 Å². The van der Waals surface area contributed by atoms with Crippen LogP contribution in [0.15, 0.2) is 28.9 Å². The van der Waals surface area contributed by atoms with Crippen molar-refractivity contribution < 1.29 is 5.11 Å². The van der Waals surface area contributed by atoms with Crippen molar-refractivity contribution in [1.29, 1.82) is 0 Å². The van der Waals surface area contributed by atoms with E-state index in [1.165, 1.54) is 5.56 Å². The minimum Gasteiger partial charge on any atom is -0.382 e. The lowest BCUT2D eigenvalue weighted by atomic mass is 10.0. The molecule has 102 valence electrons. The van der Waals surface area contributed by atoms with Crippen molar-refractivity contribution in [3.63, 3.8) is 0 Å². The number of halogens is 2. The summed E-state index contributed by atoms with van der Waals surface area (Å²) in [5.74, 6) is 0. The third kappa shape index (κ3) is 3.03. The van der Waals surface area contributed by atoms with Gasteiger partial charge in [0.05, 0.1) is 16.4 Å². The van der Waals surface area contributed by atoms with Crippen LogP contribution in [0.2, 0.25) is 0 Å². The van der Waals surface area contributed by atoms with Gasteiger partial charge in [-0.2, -0.15) is 5.10 Å². The fourth-order valence-electron chi connectivity index (χ4n) is 2.06. The number of hydrogen-bond donors (Lipinski definition) is 1. The van der Waals surface area contributed by atoms with Gasteiger partial charge in [-0.25, -0.2) is 0 Å². The molecule has 1 aromatic carbocycles. The number of aromatic nitrogens is 2. The molecular formula is C14H16BrIN2O. The summed E-state index contributed by atoms with van der Waals surface area (Å²) >= 11 is 5.77. The van der Waals surface area contributed by atoms with Crippen molar-refractivity contribution in [2.45, 2.75) is 32.9 Å². The lowest BCUT2D eigenvalue weighted by Gasteiger charge is -2.16. The van der Waals surface area contributed by atoms with Crippen molar-refractivity contribution in [1.82, 2.24) is 9.78 Å². The highest BCUT2D eigenvalue weighted by Crippen LogP contribution is 2.32. The number of benzene rings is 1. The molecule has 5 heteroatoms. The molecule has 1 atom stereocenters. The summed E-state index contributed by atoms with van der Waals surface area (Å²) in [4.78, 5) is 0. The molecule has 0 saturated heterocycles. The summed E-state index contributed by atoms with van der Waals surface area (Å²) in [6.45, 7) is 4.96. The fourth-order valence-corrected chi connectivity index (χ4v) is 3.23. The Hall–Kier alpha value is -0.400. The Morgan fingerprint density at radius 3 is 2.89 bits per heavy atom. The maximum atomic E-state index is 10.7. The van der Waals surface area contributed by atoms with Gasteiger partial charge in [-0.1, -0.05) is 25.1 Å². The van der Waals surface area contributed by atoms with Crippen LogP contribution in [0.5, 0.6) is 0 Å². The third-order valence-corrected chi connectivity index (χ3v) is 5.13. The summed E-state index contributed by atoms with van der Waals surface area (Å²) in [7, 11) is 0. The van der Waals surface area contributed by atoms with Gasteiger partial charge in [-0.3, -0.25) is 4.68 Å². The van der Waals surface area contributed by atoms with E-state index in [2.05, 4.69) is 63.5 Å². The van der Waals surface area contributed by atoms with E-state index in [4.69, 9.17) is 0 Å². The van der Waals surface area contributed by atoms with Gasteiger partial charge in [0, 0.05) is 15.7 Å². The first kappa shape index (κ1) is 15.0. The Morgan fingerprint density at radius 2 is 2.21 bits per heavy atom. The highest BCUT2D eigenvalue weighted by Gasteiger charge is 2.21. The summed E-state index contributed by atoms with van der Waals surface area (Å²) in [6.07, 6.45) is 2.07. The summed E-state index contributed by atoms with van der Waals surface area (Å²) in [6, 6.07) is 6.00. The number of hydrogen-bond acceptors (Lipinski definition) is 2. The number of aliphatic hydroxyl groups is 1. The van der Waals surface area contributed by atoms with Crippen LogP contribution in [-0.4, -0.2) is 14.9 Å². The van der Waals surface area contributed by atoms with Crippen molar-refractivity contribution >= 4 is 38.5 Å². The molecule has 0 saturated carbocycles. The molecule has 1 aromatic heterocycles.